The molecule has 0 bridgehead atoms. The molecule has 8 heteroatoms. The van der Waals surface area contributed by atoms with Crippen LogP contribution < -0.4 is 10.8 Å². The maximum absolute atomic E-state index is 13.3. The summed E-state index contributed by atoms with van der Waals surface area (Å²) < 4.78 is 25.3. The first kappa shape index (κ1) is 23.0. The third kappa shape index (κ3) is 5.51. The van der Waals surface area contributed by atoms with Crippen LogP contribution in [0, 0.1) is 5.82 Å². The zero-order valence-electron chi connectivity index (χ0n) is 18.1. The topological polar surface area (TPSA) is 84.9 Å². The number of carboxylic acid groups (broad SMARTS) is 1. The van der Waals surface area contributed by atoms with E-state index in [4.69, 9.17) is 9.31 Å². The molecule has 1 aliphatic heterocycles. The first-order valence-electron chi connectivity index (χ1n) is 10.2. The fraction of sp³-hybridized carbons (Fsp3) is 0.391. The average Bonchev–Trinajstić information content (AvgIpc) is 2.89. The van der Waals surface area contributed by atoms with Crippen LogP contribution in [0.5, 0.6) is 0 Å². The van der Waals surface area contributed by atoms with Crippen LogP contribution in [0.2, 0.25) is 0 Å². The molecule has 2 aromatic rings. The number of aliphatic carboxylic acids is 1. The Morgan fingerprint density at radius 1 is 1.03 bits per heavy atom. The molecule has 0 spiro atoms. The minimum absolute atomic E-state index is 0.0948. The lowest BCUT2D eigenvalue weighted by Gasteiger charge is -2.32. The summed E-state index contributed by atoms with van der Waals surface area (Å²) in [6.45, 7) is 7.91. The predicted molar refractivity (Wildman–Crippen MR) is 116 cm³/mol. The van der Waals surface area contributed by atoms with Crippen molar-refractivity contribution in [2.75, 3.05) is 0 Å². The van der Waals surface area contributed by atoms with Gasteiger partial charge in [-0.3, -0.25) is 4.79 Å². The van der Waals surface area contributed by atoms with Crippen LogP contribution in [0.1, 0.15) is 38.8 Å². The number of hydrogen-bond donors (Lipinski definition) is 2. The number of carbonyl (C=O) groups excluding carboxylic acids is 1. The summed E-state index contributed by atoms with van der Waals surface area (Å²) in [6.07, 6.45) is 0.0241. The van der Waals surface area contributed by atoms with Gasteiger partial charge in [-0.05, 0) is 56.4 Å². The third-order valence-corrected chi connectivity index (χ3v) is 5.83. The Kier molecular flexibility index (Phi) is 6.52. The Morgan fingerprint density at radius 3 is 2.19 bits per heavy atom. The number of carbonyl (C=O) groups is 2. The van der Waals surface area contributed by atoms with Crippen LogP contribution in [-0.4, -0.2) is 41.3 Å². The monoisotopic (exact) mass is 427 g/mol. The molecule has 1 heterocycles. The average molecular weight is 427 g/mol. The molecule has 0 unspecified atom stereocenters. The van der Waals surface area contributed by atoms with Gasteiger partial charge in [-0.1, -0.05) is 36.4 Å². The quantitative estimate of drug-likeness (QED) is 0.664. The highest BCUT2D eigenvalue weighted by atomic mass is 19.1. The molecule has 1 aliphatic rings. The van der Waals surface area contributed by atoms with Crippen molar-refractivity contribution in [1.29, 1.82) is 0 Å². The van der Waals surface area contributed by atoms with E-state index in [1.165, 1.54) is 18.2 Å². The molecule has 0 aromatic heterocycles. The van der Waals surface area contributed by atoms with Gasteiger partial charge in [-0.15, -0.1) is 0 Å². The molecule has 1 amide bonds. The number of benzene rings is 2. The molecule has 2 aromatic carbocycles. The molecular weight excluding hydrogens is 400 g/mol. The SMILES string of the molecule is CC1(C)OB(c2ccc(C[C@H](NC(=O)Cc3cccc(F)c3)C(=O)O)cc2)OC1(C)C. The maximum atomic E-state index is 13.3. The number of halogens is 1. The van der Waals surface area contributed by atoms with E-state index < -0.39 is 42.1 Å². The fourth-order valence-electron chi connectivity index (χ4n) is 3.30. The Balaban J connectivity index is 1.63. The minimum atomic E-state index is -1.14. The fourth-order valence-corrected chi connectivity index (χ4v) is 3.30. The normalized spacial score (nSPS) is 17.9. The molecule has 1 atom stereocenters. The number of amides is 1. The Hall–Kier alpha value is -2.71. The third-order valence-electron chi connectivity index (χ3n) is 5.83. The van der Waals surface area contributed by atoms with Gasteiger partial charge in [-0.25, -0.2) is 9.18 Å². The van der Waals surface area contributed by atoms with Gasteiger partial charge in [0.1, 0.15) is 11.9 Å². The highest BCUT2D eigenvalue weighted by molar-refractivity contribution is 6.62. The summed E-state index contributed by atoms with van der Waals surface area (Å²) >= 11 is 0. The van der Waals surface area contributed by atoms with Gasteiger partial charge in [0.25, 0.3) is 0 Å². The van der Waals surface area contributed by atoms with Crippen molar-refractivity contribution in [3.8, 4) is 0 Å². The molecule has 0 radical (unpaired) electrons. The highest BCUT2D eigenvalue weighted by Gasteiger charge is 2.51. The molecule has 2 N–H and O–H groups in total. The van der Waals surface area contributed by atoms with Gasteiger partial charge in [0.05, 0.1) is 17.6 Å². The van der Waals surface area contributed by atoms with Crippen molar-refractivity contribution in [3.05, 3.63) is 65.5 Å². The number of nitrogens with one attached hydrogen (secondary N) is 1. The molecule has 6 nitrogen and oxygen atoms in total. The molecule has 1 fully saturated rings. The first-order valence-corrected chi connectivity index (χ1v) is 10.2. The zero-order valence-corrected chi connectivity index (χ0v) is 18.1. The second kappa shape index (κ2) is 8.81. The molecule has 3 rings (SSSR count). The van der Waals surface area contributed by atoms with Crippen LogP contribution in [-0.2, 0) is 31.7 Å². The second-order valence-corrected chi connectivity index (χ2v) is 8.80. The van der Waals surface area contributed by atoms with E-state index in [1.54, 1.807) is 18.2 Å². The van der Waals surface area contributed by atoms with E-state index in [1.807, 2.05) is 39.8 Å². The predicted octanol–water partition coefficient (Wildman–Crippen LogP) is 2.48. The van der Waals surface area contributed by atoms with E-state index >= 15 is 0 Å². The Labute approximate surface area is 181 Å². The van der Waals surface area contributed by atoms with Crippen LogP contribution >= 0.6 is 0 Å². The van der Waals surface area contributed by atoms with Crippen molar-refractivity contribution in [1.82, 2.24) is 5.32 Å². The van der Waals surface area contributed by atoms with Gasteiger partial charge in [0.2, 0.25) is 5.91 Å². The Bertz CT molecular complexity index is 945. The molecule has 164 valence electrons. The second-order valence-electron chi connectivity index (χ2n) is 8.80. The summed E-state index contributed by atoms with van der Waals surface area (Å²) in [5, 5.41) is 12.0. The molecule has 31 heavy (non-hydrogen) atoms. The van der Waals surface area contributed by atoms with Crippen molar-refractivity contribution in [2.45, 2.75) is 57.8 Å². The van der Waals surface area contributed by atoms with Gasteiger partial charge in [0, 0.05) is 6.42 Å². The van der Waals surface area contributed by atoms with Crippen LogP contribution in [0.25, 0.3) is 0 Å². The van der Waals surface area contributed by atoms with Crippen molar-refractivity contribution >= 4 is 24.5 Å². The van der Waals surface area contributed by atoms with Crippen LogP contribution in [0.15, 0.2) is 48.5 Å². The van der Waals surface area contributed by atoms with E-state index in [0.717, 1.165) is 11.0 Å². The summed E-state index contributed by atoms with van der Waals surface area (Å²) in [4.78, 5) is 23.9. The largest absolute Gasteiger partial charge is 0.494 e. The standard InChI is InChI=1S/C23H27BFNO5/c1-22(2)23(3,4)31-24(30-22)17-10-8-15(9-11-17)13-19(21(28)29)26-20(27)14-16-6-5-7-18(25)12-16/h5-12,19H,13-14H2,1-4H3,(H,26,27)(H,28,29)/t19-/m0/s1. The van der Waals surface area contributed by atoms with Crippen molar-refractivity contribution in [3.63, 3.8) is 0 Å². The minimum Gasteiger partial charge on any atom is -0.480 e. The summed E-state index contributed by atoms with van der Waals surface area (Å²) in [6, 6.07) is 11.9. The molecule has 0 aliphatic carbocycles. The van der Waals surface area contributed by atoms with E-state index in [9.17, 15) is 19.1 Å². The first-order chi connectivity index (χ1) is 14.5. The van der Waals surface area contributed by atoms with E-state index in [2.05, 4.69) is 5.32 Å². The number of rotatable bonds is 7. The van der Waals surface area contributed by atoms with E-state index in [0.29, 0.717) is 5.56 Å². The van der Waals surface area contributed by atoms with Gasteiger partial charge in [0.15, 0.2) is 0 Å². The summed E-state index contributed by atoms with van der Waals surface area (Å²) in [5.74, 6) is -2.06. The molecular formula is C23H27BFNO5. The van der Waals surface area contributed by atoms with Crippen molar-refractivity contribution < 1.29 is 28.4 Å². The molecule has 1 saturated heterocycles. The lowest BCUT2D eigenvalue weighted by Crippen LogP contribution is -2.43. The van der Waals surface area contributed by atoms with Crippen LogP contribution in [0.3, 0.4) is 0 Å². The molecule has 0 saturated carbocycles. The van der Waals surface area contributed by atoms with Gasteiger partial charge < -0.3 is 19.7 Å². The lowest BCUT2D eigenvalue weighted by molar-refractivity contribution is -0.141. The maximum Gasteiger partial charge on any atom is 0.494 e. The summed E-state index contributed by atoms with van der Waals surface area (Å²) in [7, 11) is -0.500. The lowest BCUT2D eigenvalue weighted by atomic mass is 9.78. The zero-order chi connectivity index (χ0) is 22.8. The van der Waals surface area contributed by atoms with E-state index in [-0.39, 0.29) is 12.8 Å². The smallest absolute Gasteiger partial charge is 0.480 e. The highest BCUT2D eigenvalue weighted by Crippen LogP contribution is 2.36. The van der Waals surface area contributed by atoms with Gasteiger partial charge in [-0.2, -0.15) is 0 Å². The number of hydrogen-bond acceptors (Lipinski definition) is 4. The van der Waals surface area contributed by atoms with Crippen LogP contribution in [0.4, 0.5) is 4.39 Å². The van der Waals surface area contributed by atoms with Gasteiger partial charge >= 0.3 is 13.1 Å². The summed E-state index contributed by atoms with van der Waals surface area (Å²) in [5.41, 5.74) is 1.17. The number of carboxylic acids is 1. The Morgan fingerprint density at radius 2 is 1.65 bits per heavy atom. The van der Waals surface area contributed by atoms with Crippen molar-refractivity contribution in [2.24, 2.45) is 0 Å².